The Hall–Kier alpha value is -2.80. The molecule has 0 saturated carbocycles. The van der Waals surface area contributed by atoms with Crippen LogP contribution in [0.15, 0.2) is 56.5 Å². The Morgan fingerprint density at radius 2 is 2.00 bits per heavy atom. The Labute approximate surface area is 145 Å². The number of hydrogen-bond acceptors (Lipinski definition) is 5. The summed E-state index contributed by atoms with van der Waals surface area (Å²) in [5.41, 5.74) is 3.87. The summed E-state index contributed by atoms with van der Waals surface area (Å²) in [4.78, 5) is 12.1. The Bertz CT molecular complexity index is 964. The van der Waals surface area contributed by atoms with Crippen LogP contribution in [0.3, 0.4) is 0 Å². The summed E-state index contributed by atoms with van der Waals surface area (Å²) in [6.45, 7) is 0.217. The third-order valence-electron chi connectivity index (χ3n) is 3.48. The minimum absolute atomic E-state index is 0.200. The first-order valence-electron chi connectivity index (χ1n) is 7.11. The van der Waals surface area contributed by atoms with Gasteiger partial charge in [0.15, 0.2) is 17.3 Å². The number of ether oxygens (including phenoxy) is 2. The van der Waals surface area contributed by atoms with Crippen molar-refractivity contribution in [3.8, 4) is 11.5 Å². The first kappa shape index (κ1) is 14.8. The lowest BCUT2D eigenvalue weighted by Gasteiger charge is -1.98. The maximum atomic E-state index is 12.1. The Morgan fingerprint density at radius 3 is 2.92 bits per heavy atom. The Balaban J connectivity index is 1.47. The average Bonchev–Trinajstić information content (AvgIpc) is 3.20. The number of fused-ring (bicyclic) bond motifs is 2. The number of halogens is 1. The van der Waals surface area contributed by atoms with Gasteiger partial charge in [0, 0.05) is 9.86 Å². The van der Waals surface area contributed by atoms with Crippen LogP contribution in [0.4, 0.5) is 0 Å². The van der Waals surface area contributed by atoms with E-state index in [4.69, 9.17) is 13.9 Å². The highest BCUT2D eigenvalue weighted by molar-refractivity contribution is 9.10. The monoisotopic (exact) mass is 386 g/mol. The molecule has 2 heterocycles. The summed E-state index contributed by atoms with van der Waals surface area (Å²) in [6.07, 6.45) is 1.53. The number of amides is 1. The van der Waals surface area contributed by atoms with Crippen molar-refractivity contribution in [3.63, 3.8) is 0 Å². The van der Waals surface area contributed by atoms with Crippen LogP contribution in [0.5, 0.6) is 11.5 Å². The lowest BCUT2D eigenvalue weighted by Crippen LogP contribution is -2.16. The second-order valence-electron chi connectivity index (χ2n) is 5.10. The molecule has 2 aromatic carbocycles. The number of carbonyl (C=O) groups excluding carboxylic acids is 1. The van der Waals surface area contributed by atoms with Gasteiger partial charge in [-0.1, -0.05) is 15.9 Å². The van der Waals surface area contributed by atoms with Gasteiger partial charge in [-0.15, -0.1) is 0 Å². The molecule has 0 atom stereocenters. The van der Waals surface area contributed by atoms with Crippen LogP contribution in [0, 0.1) is 0 Å². The van der Waals surface area contributed by atoms with Crippen LogP contribution in [-0.2, 0) is 0 Å². The van der Waals surface area contributed by atoms with E-state index in [0.717, 1.165) is 15.4 Å². The number of carbonyl (C=O) groups is 1. The molecule has 1 aliphatic rings. The predicted octanol–water partition coefficient (Wildman–Crippen LogP) is 3.69. The van der Waals surface area contributed by atoms with Gasteiger partial charge in [-0.05, 0) is 48.0 Å². The van der Waals surface area contributed by atoms with Gasteiger partial charge in [-0.25, -0.2) is 5.43 Å². The third kappa shape index (κ3) is 2.85. The van der Waals surface area contributed by atoms with Crippen molar-refractivity contribution in [3.05, 3.63) is 58.3 Å². The van der Waals surface area contributed by atoms with Crippen molar-refractivity contribution < 1.29 is 18.7 Å². The Morgan fingerprint density at radius 1 is 1.12 bits per heavy atom. The van der Waals surface area contributed by atoms with Gasteiger partial charge < -0.3 is 13.9 Å². The minimum atomic E-state index is -0.417. The highest BCUT2D eigenvalue weighted by Gasteiger charge is 2.13. The van der Waals surface area contributed by atoms with E-state index >= 15 is 0 Å². The van der Waals surface area contributed by atoms with E-state index in [0.29, 0.717) is 17.1 Å². The summed E-state index contributed by atoms with van der Waals surface area (Å²) in [6, 6.07) is 12.6. The molecule has 120 valence electrons. The first-order valence-corrected chi connectivity index (χ1v) is 7.90. The molecule has 0 radical (unpaired) electrons. The van der Waals surface area contributed by atoms with E-state index in [2.05, 4.69) is 26.5 Å². The van der Waals surface area contributed by atoms with Gasteiger partial charge in [-0.2, -0.15) is 5.10 Å². The largest absolute Gasteiger partial charge is 0.454 e. The molecule has 0 aliphatic carbocycles. The molecular weight excluding hydrogens is 376 g/mol. The van der Waals surface area contributed by atoms with Gasteiger partial charge in [0.05, 0.1) is 6.21 Å². The van der Waals surface area contributed by atoms with Crippen molar-refractivity contribution >= 4 is 39.0 Å². The van der Waals surface area contributed by atoms with Gasteiger partial charge in [-0.3, -0.25) is 4.79 Å². The van der Waals surface area contributed by atoms with Crippen LogP contribution in [0.25, 0.3) is 11.0 Å². The molecule has 3 aromatic rings. The summed E-state index contributed by atoms with van der Waals surface area (Å²) in [7, 11) is 0. The van der Waals surface area contributed by atoms with Crippen LogP contribution < -0.4 is 14.9 Å². The topological polar surface area (TPSA) is 73.1 Å². The smallest absolute Gasteiger partial charge is 0.307 e. The maximum Gasteiger partial charge on any atom is 0.307 e. The number of rotatable bonds is 3. The SMILES string of the molecule is O=C(N/N=C/c1ccc2c(c1)OCO2)c1cc2cc(Br)ccc2o1. The summed E-state index contributed by atoms with van der Waals surface area (Å²) in [5.74, 6) is 1.14. The van der Waals surface area contributed by atoms with Gasteiger partial charge in [0.25, 0.3) is 0 Å². The number of furan rings is 1. The zero-order valence-electron chi connectivity index (χ0n) is 12.3. The fourth-order valence-electron chi connectivity index (χ4n) is 2.34. The fourth-order valence-corrected chi connectivity index (χ4v) is 2.72. The molecule has 1 aliphatic heterocycles. The molecular formula is C17H11BrN2O4. The standard InChI is InChI=1S/C17H11BrN2O4/c18-12-2-4-13-11(6-12)7-16(24-13)17(21)20-19-8-10-1-3-14-15(5-10)23-9-22-14/h1-8H,9H2,(H,20,21)/b19-8+. The molecule has 0 spiro atoms. The van der Waals surface area contributed by atoms with Crippen LogP contribution in [0.1, 0.15) is 16.1 Å². The number of hydrogen-bond donors (Lipinski definition) is 1. The van der Waals surface area contributed by atoms with Gasteiger partial charge in [0.2, 0.25) is 6.79 Å². The molecule has 4 rings (SSSR count). The van der Waals surface area contributed by atoms with Crippen molar-refractivity contribution in [1.82, 2.24) is 5.43 Å². The molecule has 0 bridgehead atoms. The van der Waals surface area contributed by atoms with E-state index in [1.165, 1.54) is 6.21 Å². The van der Waals surface area contributed by atoms with E-state index in [9.17, 15) is 4.79 Å². The zero-order valence-corrected chi connectivity index (χ0v) is 13.9. The predicted molar refractivity (Wildman–Crippen MR) is 91.5 cm³/mol. The second kappa shape index (κ2) is 6.01. The van der Waals surface area contributed by atoms with E-state index < -0.39 is 5.91 Å². The lowest BCUT2D eigenvalue weighted by atomic mass is 10.2. The quantitative estimate of drug-likeness (QED) is 0.550. The molecule has 0 unspecified atom stereocenters. The van der Waals surface area contributed by atoms with Crippen molar-refractivity contribution in [2.75, 3.05) is 6.79 Å². The van der Waals surface area contributed by atoms with Crippen LogP contribution >= 0.6 is 15.9 Å². The molecule has 0 fully saturated rings. The fraction of sp³-hybridized carbons (Fsp3) is 0.0588. The highest BCUT2D eigenvalue weighted by Crippen LogP contribution is 2.32. The highest BCUT2D eigenvalue weighted by atomic mass is 79.9. The van der Waals surface area contributed by atoms with Crippen molar-refractivity contribution in [2.45, 2.75) is 0 Å². The number of benzene rings is 2. The summed E-state index contributed by atoms with van der Waals surface area (Å²) in [5, 5.41) is 4.78. The molecule has 1 N–H and O–H groups in total. The normalized spacial score (nSPS) is 12.9. The van der Waals surface area contributed by atoms with E-state index in [-0.39, 0.29) is 12.6 Å². The molecule has 24 heavy (non-hydrogen) atoms. The number of hydrazone groups is 1. The molecule has 6 nitrogen and oxygen atoms in total. The Kier molecular flexibility index (Phi) is 3.70. The first-order chi connectivity index (χ1) is 11.7. The number of nitrogens with zero attached hydrogens (tertiary/aromatic N) is 1. The number of nitrogens with one attached hydrogen (secondary N) is 1. The average molecular weight is 387 g/mol. The van der Waals surface area contributed by atoms with E-state index in [1.807, 2.05) is 18.2 Å². The van der Waals surface area contributed by atoms with Crippen molar-refractivity contribution in [1.29, 1.82) is 0 Å². The maximum absolute atomic E-state index is 12.1. The molecule has 7 heteroatoms. The van der Waals surface area contributed by atoms with E-state index in [1.54, 1.807) is 24.3 Å². The van der Waals surface area contributed by atoms with Crippen LogP contribution in [-0.4, -0.2) is 18.9 Å². The zero-order chi connectivity index (χ0) is 16.5. The van der Waals surface area contributed by atoms with Crippen molar-refractivity contribution in [2.24, 2.45) is 5.10 Å². The summed E-state index contributed by atoms with van der Waals surface area (Å²) < 4.78 is 17.0. The summed E-state index contributed by atoms with van der Waals surface area (Å²) >= 11 is 3.38. The third-order valence-corrected chi connectivity index (χ3v) is 3.97. The molecule has 1 amide bonds. The van der Waals surface area contributed by atoms with Crippen LogP contribution in [0.2, 0.25) is 0 Å². The van der Waals surface area contributed by atoms with Gasteiger partial charge in [0.1, 0.15) is 5.58 Å². The lowest BCUT2D eigenvalue weighted by molar-refractivity contribution is 0.0929. The molecule has 1 aromatic heterocycles. The molecule has 0 saturated heterocycles. The minimum Gasteiger partial charge on any atom is -0.454 e. The van der Waals surface area contributed by atoms with Gasteiger partial charge >= 0.3 is 5.91 Å². The second-order valence-corrected chi connectivity index (χ2v) is 6.02.